The molecular formula is C24H30N2O4. The molecule has 6 heteroatoms. The number of unbranched alkanes of at least 4 members (excludes halogenated alkanes) is 1. The molecule has 0 bridgehead atoms. The van der Waals surface area contributed by atoms with Crippen molar-refractivity contribution < 1.29 is 19.1 Å². The first-order valence-electron chi connectivity index (χ1n) is 10.4. The van der Waals surface area contributed by atoms with Crippen molar-refractivity contribution in [1.82, 2.24) is 10.2 Å². The first-order chi connectivity index (χ1) is 14.6. The number of benzene rings is 2. The molecule has 0 saturated carbocycles. The van der Waals surface area contributed by atoms with Crippen molar-refractivity contribution in [3.05, 3.63) is 59.7 Å². The van der Waals surface area contributed by atoms with Gasteiger partial charge in [0, 0.05) is 36.7 Å². The lowest BCUT2D eigenvalue weighted by Crippen LogP contribution is -2.36. The van der Waals surface area contributed by atoms with Crippen molar-refractivity contribution in [2.45, 2.75) is 25.7 Å². The summed E-state index contributed by atoms with van der Waals surface area (Å²) < 4.78 is 11.0. The van der Waals surface area contributed by atoms with Gasteiger partial charge >= 0.3 is 0 Å². The van der Waals surface area contributed by atoms with Crippen LogP contribution in [0.5, 0.6) is 11.5 Å². The van der Waals surface area contributed by atoms with Gasteiger partial charge in [-0.1, -0.05) is 31.5 Å². The number of rotatable bonds is 8. The van der Waals surface area contributed by atoms with E-state index in [-0.39, 0.29) is 23.7 Å². The molecule has 2 aromatic carbocycles. The molecule has 1 fully saturated rings. The highest BCUT2D eigenvalue weighted by molar-refractivity contribution is 5.95. The van der Waals surface area contributed by atoms with Crippen LogP contribution in [0.2, 0.25) is 0 Å². The monoisotopic (exact) mass is 410 g/mol. The Balaban J connectivity index is 1.91. The lowest BCUT2D eigenvalue weighted by molar-refractivity contribution is -0.124. The van der Waals surface area contributed by atoms with Crippen LogP contribution in [0.15, 0.2) is 48.5 Å². The van der Waals surface area contributed by atoms with Crippen molar-refractivity contribution in [3.8, 4) is 11.5 Å². The SMILES string of the molecule is CCCCNC(=O)[C@H]1CN(C(=O)c2ccccc2)C[C@H]1c1cc(OC)ccc1OC. The fraction of sp³-hybridized carbons (Fsp3) is 0.417. The van der Waals surface area contributed by atoms with E-state index in [0.29, 0.717) is 36.7 Å². The highest BCUT2D eigenvalue weighted by Crippen LogP contribution is 2.40. The van der Waals surface area contributed by atoms with E-state index in [0.717, 1.165) is 18.4 Å². The van der Waals surface area contributed by atoms with Gasteiger partial charge in [-0.15, -0.1) is 0 Å². The predicted octanol–water partition coefficient (Wildman–Crippen LogP) is 3.48. The maximum Gasteiger partial charge on any atom is 0.253 e. The molecule has 1 heterocycles. The van der Waals surface area contributed by atoms with Gasteiger partial charge in [0.15, 0.2) is 0 Å². The minimum atomic E-state index is -0.351. The van der Waals surface area contributed by atoms with E-state index in [4.69, 9.17) is 9.47 Å². The smallest absolute Gasteiger partial charge is 0.253 e. The average Bonchev–Trinajstić information content (AvgIpc) is 3.24. The van der Waals surface area contributed by atoms with Gasteiger partial charge in [0.25, 0.3) is 5.91 Å². The van der Waals surface area contributed by atoms with E-state index in [1.165, 1.54) is 0 Å². The molecule has 0 unspecified atom stereocenters. The van der Waals surface area contributed by atoms with E-state index >= 15 is 0 Å². The van der Waals surface area contributed by atoms with Crippen LogP contribution in [0.4, 0.5) is 0 Å². The predicted molar refractivity (Wildman–Crippen MR) is 116 cm³/mol. The number of methoxy groups -OCH3 is 2. The third-order valence-electron chi connectivity index (χ3n) is 5.63. The zero-order valence-electron chi connectivity index (χ0n) is 17.9. The van der Waals surface area contributed by atoms with Gasteiger partial charge in [0.1, 0.15) is 11.5 Å². The molecule has 1 N–H and O–H groups in total. The molecule has 2 aromatic rings. The highest BCUT2D eigenvalue weighted by atomic mass is 16.5. The maximum absolute atomic E-state index is 13.1. The van der Waals surface area contributed by atoms with Crippen LogP contribution in [0.25, 0.3) is 0 Å². The van der Waals surface area contributed by atoms with Gasteiger partial charge in [-0.05, 0) is 36.8 Å². The van der Waals surface area contributed by atoms with Crippen LogP contribution in [0, 0.1) is 5.92 Å². The minimum Gasteiger partial charge on any atom is -0.497 e. The van der Waals surface area contributed by atoms with Gasteiger partial charge < -0.3 is 19.7 Å². The summed E-state index contributed by atoms with van der Waals surface area (Å²) in [6, 6.07) is 14.8. The van der Waals surface area contributed by atoms with Crippen LogP contribution in [-0.2, 0) is 4.79 Å². The molecule has 0 aromatic heterocycles. The summed E-state index contributed by atoms with van der Waals surface area (Å²) in [5, 5.41) is 3.04. The van der Waals surface area contributed by atoms with Crippen molar-refractivity contribution in [2.24, 2.45) is 5.92 Å². The highest BCUT2D eigenvalue weighted by Gasteiger charge is 2.41. The van der Waals surface area contributed by atoms with E-state index in [1.807, 2.05) is 36.4 Å². The quantitative estimate of drug-likeness (QED) is 0.677. The van der Waals surface area contributed by atoms with Crippen molar-refractivity contribution in [2.75, 3.05) is 33.9 Å². The third-order valence-corrected chi connectivity index (χ3v) is 5.63. The zero-order chi connectivity index (χ0) is 21.5. The summed E-state index contributed by atoms with van der Waals surface area (Å²) >= 11 is 0. The average molecular weight is 411 g/mol. The number of carbonyl (C=O) groups excluding carboxylic acids is 2. The van der Waals surface area contributed by atoms with E-state index in [9.17, 15) is 9.59 Å². The summed E-state index contributed by atoms with van der Waals surface area (Å²) in [5.41, 5.74) is 1.51. The number of likely N-dealkylation sites (tertiary alicyclic amines) is 1. The summed E-state index contributed by atoms with van der Waals surface area (Å²) in [4.78, 5) is 27.9. The van der Waals surface area contributed by atoms with Gasteiger partial charge in [-0.2, -0.15) is 0 Å². The zero-order valence-corrected chi connectivity index (χ0v) is 17.9. The van der Waals surface area contributed by atoms with Gasteiger partial charge in [0.05, 0.1) is 20.1 Å². The van der Waals surface area contributed by atoms with E-state index in [2.05, 4.69) is 12.2 Å². The molecule has 2 atom stereocenters. The lowest BCUT2D eigenvalue weighted by Gasteiger charge is -2.21. The van der Waals surface area contributed by atoms with Gasteiger partial charge in [-0.25, -0.2) is 0 Å². The molecule has 160 valence electrons. The van der Waals surface area contributed by atoms with Crippen molar-refractivity contribution in [3.63, 3.8) is 0 Å². The topological polar surface area (TPSA) is 67.9 Å². The standard InChI is InChI=1S/C24H30N2O4/c1-4-5-13-25-23(27)21-16-26(24(28)17-9-7-6-8-10-17)15-20(21)19-14-18(29-2)11-12-22(19)30-3/h6-12,14,20-21H,4-5,13,15-16H2,1-3H3,(H,25,27)/t20-,21-/m0/s1. The molecule has 0 radical (unpaired) electrons. The number of ether oxygens (including phenoxy) is 2. The first kappa shape index (κ1) is 21.7. The fourth-order valence-electron chi connectivity index (χ4n) is 3.96. The molecule has 0 spiro atoms. The number of nitrogens with zero attached hydrogens (tertiary/aromatic N) is 1. The molecule has 1 aliphatic rings. The normalized spacial score (nSPS) is 18.2. The number of hydrogen-bond acceptors (Lipinski definition) is 4. The van der Waals surface area contributed by atoms with Crippen LogP contribution < -0.4 is 14.8 Å². The van der Waals surface area contributed by atoms with E-state index < -0.39 is 0 Å². The summed E-state index contributed by atoms with van der Waals surface area (Å²) in [6.07, 6.45) is 1.94. The first-order valence-corrected chi connectivity index (χ1v) is 10.4. The van der Waals surface area contributed by atoms with E-state index in [1.54, 1.807) is 31.3 Å². The molecule has 3 rings (SSSR count). The second kappa shape index (κ2) is 10.1. The van der Waals surface area contributed by atoms with Crippen LogP contribution >= 0.6 is 0 Å². The number of hydrogen-bond donors (Lipinski definition) is 1. The summed E-state index contributed by atoms with van der Waals surface area (Å²) in [5.74, 6) is 0.776. The lowest BCUT2D eigenvalue weighted by atomic mass is 9.87. The largest absolute Gasteiger partial charge is 0.497 e. The number of nitrogens with one attached hydrogen (secondary N) is 1. The van der Waals surface area contributed by atoms with Crippen LogP contribution in [0.3, 0.4) is 0 Å². The Morgan fingerprint density at radius 3 is 2.50 bits per heavy atom. The Morgan fingerprint density at radius 2 is 1.83 bits per heavy atom. The van der Waals surface area contributed by atoms with Crippen LogP contribution in [-0.4, -0.2) is 50.6 Å². The molecule has 1 saturated heterocycles. The Bertz CT molecular complexity index is 869. The Kier molecular flexibility index (Phi) is 7.33. The molecule has 0 aliphatic carbocycles. The molecule has 30 heavy (non-hydrogen) atoms. The Labute approximate surface area is 178 Å². The number of carbonyl (C=O) groups is 2. The van der Waals surface area contributed by atoms with Crippen molar-refractivity contribution >= 4 is 11.8 Å². The number of amides is 2. The maximum atomic E-state index is 13.1. The van der Waals surface area contributed by atoms with Crippen molar-refractivity contribution in [1.29, 1.82) is 0 Å². The molecule has 6 nitrogen and oxygen atoms in total. The van der Waals surface area contributed by atoms with Gasteiger partial charge in [0.2, 0.25) is 5.91 Å². The second-order valence-electron chi connectivity index (χ2n) is 7.54. The minimum absolute atomic E-state index is 0.0262. The third kappa shape index (κ3) is 4.75. The Morgan fingerprint density at radius 1 is 1.07 bits per heavy atom. The second-order valence-corrected chi connectivity index (χ2v) is 7.54. The molecular weight excluding hydrogens is 380 g/mol. The Hall–Kier alpha value is -3.02. The summed E-state index contributed by atoms with van der Waals surface area (Å²) in [6.45, 7) is 3.55. The van der Waals surface area contributed by atoms with Gasteiger partial charge in [-0.3, -0.25) is 9.59 Å². The molecule has 1 aliphatic heterocycles. The fourth-order valence-corrected chi connectivity index (χ4v) is 3.96. The summed E-state index contributed by atoms with van der Waals surface area (Å²) in [7, 11) is 3.23. The molecule has 2 amide bonds. The van der Waals surface area contributed by atoms with Crippen LogP contribution in [0.1, 0.15) is 41.6 Å².